The summed E-state index contributed by atoms with van der Waals surface area (Å²) < 4.78 is 0. The first-order chi connectivity index (χ1) is 5.40. The molecule has 12 heavy (non-hydrogen) atoms. The summed E-state index contributed by atoms with van der Waals surface area (Å²) in [6.45, 7) is -0.399. The van der Waals surface area contributed by atoms with Crippen LogP contribution in [0.15, 0.2) is 0 Å². The van der Waals surface area contributed by atoms with Crippen LogP contribution in [-0.4, -0.2) is 29.1 Å². The number of hydrogen-bond acceptors (Lipinski definition) is 6. The minimum Gasteiger partial charge on any atom is -0.479 e. The Bertz CT molecular complexity index is 191. The van der Waals surface area contributed by atoms with Crippen LogP contribution in [0.1, 0.15) is 6.42 Å². The third-order valence-electron chi connectivity index (χ3n) is 1.13. The van der Waals surface area contributed by atoms with E-state index in [4.69, 9.17) is 16.6 Å². The molecule has 0 bridgehead atoms. The molecule has 0 aliphatic carbocycles. The van der Waals surface area contributed by atoms with Crippen molar-refractivity contribution in [3.8, 4) is 0 Å². The maximum absolute atomic E-state index is 10.7. The third kappa shape index (κ3) is 3.39. The zero-order chi connectivity index (χ0) is 9.78. The topological polar surface area (TPSA) is 142 Å². The molecule has 0 heterocycles. The summed E-state index contributed by atoms with van der Waals surface area (Å²) in [6.07, 6.45) is -0.514. The summed E-state index contributed by atoms with van der Waals surface area (Å²) in [7, 11) is 0. The Balaban J connectivity index is 4.06. The van der Waals surface area contributed by atoms with Gasteiger partial charge in [-0.15, -0.1) is 0 Å². The number of Topliss-reactive ketones (excluding diaryl/α,β-unsaturated/α-hetero) is 1. The Morgan fingerprint density at radius 1 is 1.42 bits per heavy atom. The van der Waals surface area contributed by atoms with Crippen LogP contribution in [0, 0.1) is 0 Å². The molecule has 70 valence electrons. The number of carbonyl (C=O) groups excluding carboxylic acids is 1. The van der Waals surface area contributed by atoms with E-state index < -0.39 is 30.4 Å². The summed E-state index contributed by atoms with van der Waals surface area (Å²) in [5, 5.41) is 8.38. The van der Waals surface area contributed by atoms with Crippen molar-refractivity contribution >= 4 is 11.8 Å². The number of carbonyl (C=O) groups is 2. The molecule has 0 saturated heterocycles. The van der Waals surface area contributed by atoms with Crippen molar-refractivity contribution < 1.29 is 19.5 Å². The van der Waals surface area contributed by atoms with Gasteiger partial charge in [0.05, 0.1) is 6.42 Å². The average molecular weight is 177 g/mol. The summed E-state index contributed by atoms with van der Waals surface area (Å²) in [5.74, 6) is 2.56. The van der Waals surface area contributed by atoms with Gasteiger partial charge in [-0.2, -0.15) is 0 Å². The highest BCUT2D eigenvalue weighted by molar-refractivity contribution is 5.88. The van der Waals surface area contributed by atoms with Gasteiger partial charge in [-0.3, -0.25) is 9.63 Å². The summed E-state index contributed by atoms with van der Waals surface area (Å²) >= 11 is 0. The molecule has 0 amide bonds. The van der Waals surface area contributed by atoms with E-state index in [1.165, 1.54) is 0 Å². The van der Waals surface area contributed by atoms with Gasteiger partial charge in [-0.1, -0.05) is 0 Å². The van der Waals surface area contributed by atoms with E-state index >= 15 is 0 Å². The van der Waals surface area contributed by atoms with Crippen LogP contribution in [0.3, 0.4) is 0 Å². The fourth-order valence-electron chi connectivity index (χ4n) is 0.546. The lowest BCUT2D eigenvalue weighted by Crippen LogP contribution is -2.57. The molecule has 7 N–H and O–H groups in total. The van der Waals surface area contributed by atoms with Gasteiger partial charge in [0, 0.05) is 0 Å². The largest absolute Gasteiger partial charge is 0.479 e. The average Bonchev–Trinajstić information content (AvgIpc) is 1.85. The van der Waals surface area contributed by atoms with Gasteiger partial charge in [0.1, 0.15) is 6.61 Å². The zero-order valence-corrected chi connectivity index (χ0v) is 6.32. The number of carboxylic acid groups (broad SMARTS) is 1. The normalized spacial score (nSPS) is 11.2. The molecule has 0 spiro atoms. The lowest BCUT2D eigenvalue weighted by atomic mass is 10.1. The lowest BCUT2D eigenvalue weighted by Gasteiger charge is -2.17. The highest BCUT2D eigenvalue weighted by Gasteiger charge is 2.31. The predicted octanol–water partition coefficient (Wildman–Crippen LogP) is -2.47. The Hall–Kier alpha value is -1.02. The molecule has 0 aromatic rings. The molecule has 0 saturated carbocycles. The quantitative estimate of drug-likeness (QED) is 0.269. The predicted molar refractivity (Wildman–Crippen MR) is 38.5 cm³/mol. The van der Waals surface area contributed by atoms with E-state index in [0.29, 0.717) is 0 Å². The Kier molecular flexibility index (Phi) is 3.77. The first-order valence-electron chi connectivity index (χ1n) is 3.04. The number of nitrogens with two attached hydrogens (primary N) is 3. The van der Waals surface area contributed by atoms with Crippen LogP contribution in [0.5, 0.6) is 0 Å². The van der Waals surface area contributed by atoms with Crippen molar-refractivity contribution in [2.75, 3.05) is 6.61 Å². The van der Waals surface area contributed by atoms with Crippen molar-refractivity contribution in [1.29, 1.82) is 0 Å². The molecule has 0 aliphatic rings. The molecule has 0 atom stereocenters. The van der Waals surface area contributed by atoms with Crippen molar-refractivity contribution in [3.63, 3.8) is 0 Å². The van der Waals surface area contributed by atoms with Crippen LogP contribution >= 0.6 is 0 Å². The monoisotopic (exact) mass is 177 g/mol. The number of rotatable bonds is 5. The fourth-order valence-corrected chi connectivity index (χ4v) is 0.546. The van der Waals surface area contributed by atoms with Gasteiger partial charge in [0.15, 0.2) is 11.4 Å². The first-order valence-corrected chi connectivity index (χ1v) is 3.04. The summed E-state index contributed by atoms with van der Waals surface area (Å²) in [5.41, 5.74) is 8.06. The minimum absolute atomic E-state index is 0.399. The second-order valence-corrected chi connectivity index (χ2v) is 2.37. The molecule has 0 rings (SSSR count). The molecule has 0 aliphatic heterocycles. The van der Waals surface area contributed by atoms with Gasteiger partial charge in [-0.05, 0) is 0 Å². The molecule has 0 aromatic carbocycles. The van der Waals surface area contributed by atoms with E-state index in [1.54, 1.807) is 0 Å². The summed E-state index contributed by atoms with van der Waals surface area (Å²) in [6, 6.07) is 0. The molecular formula is C5H11N3O4. The number of aliphatic carboxylic acids is 1. The molecule has 0 fully saturated rings. The van der Waals surface area contributed by atoms with Crippen molar-refractivity contribution in [1.82, 2.24) is 0 Å². The van der Waals surface area contributed by atoms with Crippen molar-refractivity contribution in [3.05, 3.63) is 0 Å². The smallest absolute Gasteiger partial charge is 0.338 e. The highest BCUT2D eigenvalue weighted by atomic mass is 16.6. The van der Waals surface area contributed by atoms with Crippen LogP contribution in [-0.2, 0) is 14.4 Å². The van der Waals surface area contributed by atoms with E-state index in [0.717, 1.165) is 0 Å². The van der Waals surface area contributed by atoms with E-state index in [9.17, 15) is 9.59 Å². The second kappa shape index (κ2) is 4.12. The molecule has 0 unspecified atom stereocenters. The van der Waals surface area contributed by atoms with Gasteiger partial charge in [0.2, 0.25) is 0 Å². The SMILES string of the molecule is NOCC(=O)CC(N)(N)C(=O)O. The molecule has 7 heteroatoms. The van der Waals surface area contributed by atoms with E-state index in [-0.39, 0.29) is 0 Å². The minimum atomic E-state index is -2.05. The van der Waals surface area contributed by atoms with Crippen LogP contribution in [0.25, 0.3) is 0 Å². The molecule has 7 nitrogen and oxygen atoms in total. The maximum Gasteiger partial charge on any atom is 0.338 e. The van der Waals surface area contributed by atoms with Gasteiger partial charge in [-0.25, -0.2) is 10.7 Å². The van der Waals surface area contributed by atoms with Gasteiger partial charge < -0.3 is 16.6 Å². The maximum atomic E-state index is 10.7. The molecular weight excluding hydrogens is 166 g/mol. The Morgan fingerprint density at radius 2 is 1.92 bits per heavy atom. The van der Waals surface area contributed by atoms with Crippen LogP contribution in [0.2, 0.25) is 0 Å². The Morgan fingerprint density at radius 3 is 2.25 bits per heavy atom. The zero-order valence-electron chi connectivity index (χ0n) is 6.32. The van der Waals surface area contributed by atoms with Gasteiger partial charge >= 0.3 is 5.97 Å². The Labute approximate surface area is 68.4 Å². The number of hydrogen-bond donors (Lipinski definition) is 4. The van der Waals surface area contributed by atoms with E-state index in [2.05, 4.69) is 10.7 Å². The fraction of sp³-hybridized carbons (Fsp3) is 0.600. The molecule has 0 aromatic heterocycles. The van der Waals surface area contributed by atoms with Crippen molar-refractivity contribution in [2.45, 2.75) is 12.1 Å². The van der Waals surface area contributed by atoms with Crippen LogP contribution in [0.4, 0.5) is 0 Å². The third-order valence-corrected chi connectivity index (χ3v) is 1.13. The van der Waals surface area contributed by atoms with Crippen LogP contribution < -0.4 is 17.4 Å². The standard InChI is InChI=1S/C5H11N3O4/c6-5(7,4(10)11)1-3(9)2-12-8/h1-2,6-8H2,(H,10,11). The first kappa shape index (κ1) is 11.0. The molecule has 0 radical (unpaired) electrons. The lowest BCUT2D eigenvalue weighted by molar-refractivity contribution is -0.145. The number of ketones is 1. The number of carboxylic acids is 1. The summed E-state index contributed by atoms with van der Waals surface area (Å²) in [4.78, 5) is 25.0. The van der Waals surface area contributed by atoms with Crippen molar-refractivity contribution in [2.24, 2.45) is 17.4 Å². The van der Waals surface area contributed by atoms with E-state index in [1.807, 2.05) is 0 Å². The van der Waals surface area contributed by atoms with Gasteiger partial charge in [0.25, 0.3) is 0 Å². The second-order valence-electron chi connectivity index (χ2n) is 2.37. The highest BCUT2D eigenvalue weighted by Crippen LogP contribution is 1.99.